The molecule has 0 bridgehead atoms. The maximum absolute atomic E-state index is 11.0. The van der Waals surface area contributed by atoms with Gasteiger partial charge < -0.3 is 10.0 Å². The van der Waals surface area contributed by atoms with Crippen LogP contribution in [0.5, 0.6) is 0 Å². The lowest BCUT2D eigenvalue weighted by Crippen LogP contribution is -2.45. The average molecular weight is 229 g/mol. The highest BCUT2D eigenvalue weighted by Gasteiger charge is 2.28. The molecule has 1 atom stereocenters. The smallest absolute Gasteiger partial charge is 0.308 e. The molecule has 3 nitrogen and oxygen atoms in total. The molecule has 1 aromatic rings. The van der Waals surface area contributed by atoms with Crippen molar-refractivity contribution in [2.24, 2.45) is 5.92 Å². The predicted octanol–water partition coefficient (Wildman–Crippen LogP) is 0.386. The fraction of sp³-hybridized carbons (Fsp3) is 0.357. The zero-order valence-electron chi connectivity index (χ0n) is 9.60. The Morgan fingerprint density at radius 3 is 3.00 bits per heavy atom. The highest BCUT2D eigenvalue weighted by atomic mass is 16.4. The topological polar surface area (TPSA) is 40.5 Å². The van der Waals surface area contributed by atoms with E-state index < -0.39 is 5.97 Å². The molecule has 2 heterocycles. The second kappa shape index (κ2) is 3.91. The van der Waals surface area contributed by atoms with E-state index in [4.69, 9.17) is 5.11 Å². The summed E-state index contributed by atoms with van der Waals surface area (Å²) in [4.78, 5) is 13.2. The van der Waals surface area contributed by atoms with Gasteiger partial charge in [0.05, 0.1) is 5.92 Å². The van der Waals surface area contributed by atoms with Crippen LogP contribution >= 0.6 is 0 Å². The van der Waals surface area contributed by atoms with E-state index in [1.54, 1.807) is 0 Å². The van der Waals surface area contributed by atoms with Crippen molar-refractivity contribution in [2.75, 3.05) is 13.1 Å². The quantitative estimate of drug-likeness (QED) is 0.757. The molecule has 0 amide bonds. The van der Waals surface area contributed by atoms with Crippen LogP contribution in [0.2, 0.25) is 0 Å². The summed E-state index contributed by atoms with van der Waals surface area (Å²) in [6.07, 6.45) is 3.82. The molecule has 3 heteroatoms. The Hall–Kier alpha value is -1.77. The van der Waals surface area contributed by atoms with Crippen LogP contribution in [-0.4, -0.2) is 29.1 Å². The van der Waals surface area contributed by atoms with Crippen LogP contribution in [-0.2, 0) is 4.79 Å². The molecule has 3 rings (SSSR count). The lowest BCUT2D eigenvalue weighted by Gasteiger charge is -2.36. The SMILES string of the molecule is O=C(O)C1CCC2=c3ccccc3=CCN2C1. The summed E-state index contributed by atoms with van der Waals surface area (Å²) in [7, 11) is 0. The molecule has 1 aromatic carbocycles. The average Bonchev–Trinajstić information content (AvgIpc) is 2.38. The molecular formula is C14H15NO2. The summed E-state index contributed by atoms with van der Waals surface area (Å²) in [6, 6.07) is 8.36. The number of aliphatic carboxylic acids is 1. The largest absolute Gasteiger partial charge is 0.481 e. The minimum Gasteiger partial charge on any atom is -0.481 e. The van der Waals surface area contributed by atoms with Gasteiger partial charge in [-0.1, -0.05) is 30.3 Å². The van der Waals surface area contributed by atoms with Crippen LogP contribution in [0.3, 0.4) is 0 Å². The van der Waals surface area contributed by atoms with Crippen LogP contribution in [0.4, 0.5) is 0 Å². The van der Waals surface area contributed by atoms with Crippen molar-refractivity contribution >= 4 is 17.7 Å². The number of fused-ring (bicyclic) bond motifs is 2. The van der Waals surface area contributed by atoms with Crippen molar-refractivity contribution in [3.8, 4) is 0 Å². The third kappa shape index (κ3) is 1.71. The maximum atomic E-state index is 11.0. The molecule has 88 valence electrons. The summed E-state index contributed by atoms with van der Waals surface area (Å²) in [5, 5.41) is 11.6. The molecule has 0 radical (unpaired) electrons. The number of nitrogens with zero attached hydrogens (tertiary/aromatic N) is 1. The Bertz CT molecular complexity index is 576. The molecule has 17 heavy (non-hydrogen) atoms. The fourth-order valence-electron chi connectivity index (χ4n) is 2.77. The summed E-state index contributed by atoms with van der Waals surface area (Å²) in [5.74, 6) is -0.875. The van der Waals surface area contributed by atoms with Crippen LogP contribution in [0.25, 0.3) is 11.8 Å². The van der Waals surface area contributed by atoms with Crippen molar-refractivity contribution in [3.63, 3.8) is 0 Å². The van der Waals surface area contributed by atoms with Gasteiger partial charge in [0, 0.05) is 24.0 Å². The molecule has 1 fully saturated rings. The number of rotatable bonds is 1. The third-order valence-electron chi connectivity index (χ3n) is 3.70. The zero-order valence-corrected chi connectivity index (χ0v) is 9.60. The summed E-state index contributed by atoms with van der Waals surface area (Å²) >= 11 is 0. The van der Waals surface area contributed by atoms with Gasteiger partial charge in [-0.2, -0.15) is 0 Å². The van der Waals surface area contributed by atoms with Crippen LogP contribution in [0, 0.1) is 5.92 Å². The number of benzene rings is 1. The molecule has 2 aliphatic rings. The van der Waals surface area contributed by atoms with Crippen molar-refractivity contribution in [1.29, 1.82) is 0 Å². The second-order valence-electron chi connectivity index (χ2n) is 4.72. The molecule has 2 aliphatic heterocycles. The van der Waals surface area contributed by atoms with Gasteiger partial charge in [-0.3, -0.25) is 4.79 Å². The first-order valence-corrected chi connectivity index (χ1v) is 6.02. The van der Waals surface area contributed by atoms with E-state index in [0.29, 0.717) is 6.54 Å². The van der Waals surface area contributed by atoms with Crippen LogP contribution in [0.15, 0.2) is 24.3 Å². The summed E-state index contributed by atoms with van der Waals surface area (Å²) < 4.78 is 0. The normalized spacial score (nSPS) is 22.5. The fourth-order valence-corrected chi connectivity index (χ4v) is 2.77. The summed E-state index contributed by atoms with van der Waals surface area (Å²) in [5.41, 5.74) is 1.32. The Labute approximate surface area is 99.7 Å². The van der Waals surface area contributed by atoms with Crippen molar-refractivity contribution in [3.05, 3.63) is 34.7 Å². The molecule has 1 saturated heterocycles. The lowest BCUT2D eigenvalue weighted by molar-refractivity contribution is -0.142. The first kappa shape index (κ1) is 10.4. The van der Waals surface area contributed by atoms with Crippen molar-refractivity contribution in [1.82, 2.24) is 4.90 Å². The van der Waals surface area contributed by atoms with Crippen LogP contribution < -0.4 is 10.4 Å². The number of carboxylic acids is 1. The van der Waals surface area contributed by atoms with Crippen molar-refractivity contribution in [2.45, 2.75) is 12.8 Å². The lowest BCUT2D eigenvalue weighted by atomic mass is 9.93. The number of hydrogen-bond donors (Lipinski definition) is 1. The van der Waals surface area contributed by atoms with Gasteiger partial charge >= 0.3 is 5.97 Å². The minimum atomic E-state index is -0.664. The van der Waals surface area contributed by atoms with E-state index in [1.165, 1.54) is 16.1 Å². The van der Waals surface area contributed by atoms with E-state index in [1.807, 2.05) is 6.07 Å². The first-order chi connectivity index (χ1) is 8.25. The molecule has 0 aliphatic carbocycles. The Balaban J connectivity index is 2.03. The molecule has 1 N–H and O–H groups in total. The van der Waals surface area contributed by atoms with Crippen molar-refractivity contribution < 1.29 is 9.90 Å². The molecular weight excluding hydrogens is 214 g/mol. The molecule has 0 saturated carbocycles. The highest BCUT2D eigenvalue weighted by Crippen LogP contribution is 2.25. The molecule has 1 unspecified atom stereocenters. The number of carbonyl (C=O) groups is 1. The number of carboxylic acid groups (broad SMARTS) is 1. The number of piperidine rings is 1. The van der Waals surface area contributed by atoms with E-state index in [9.17, 15) is 4.79 Å². The second-order valence-corrected chi connectivity index (χ2v) is 4.72. The van der Waals surface area contributed by atoms with Gasteiger partial charge in [0.15, 0.2) is 0 Å². The van der Waals surface area contributed by atoms with E-state index in [2.05, 4.69) is 29.2 Å². The van der Waals surface area contributed by atoms with E-state index in [0.717, 1.165) is 19.4 Å². The first-order valence-electron chi connectivity index (χ1n) is 6.02. The van der Waals surface area contributed by atoms with Gasteiger partial charge in [-0.25, -0.2) is 0 Å². The summed E-state index contributed by atoms with van der Waals surface area (Å²) in [6.45, 7) is 1.49. The Morgan fingerprint density at radius 2 is 2.18 bits per heavy atom. The van der Waals surface area contributed by atoms with E-state index in [-0.39, 0.29) is 5.92 Å². The highest BCUT2D eigenvalue weighted by molar-refractivity contribution is 5.71. The minimum absolute atomic E-state index is 0.211. The van der Waals surface area contributed by atoms with Gasteiger partial charge in [-0.15, -0.1) is 0 Å². The van der Waals surface area contributed by atoms with Gasteiger partial charge in [0.1, 0.15) is 0 Å². The van der Waals surface area contributed by atoms with Gasteiger partial charge in [0.25, 0.3) is 0 Å². The Morgan fingerprint density at radius 1 is 1.35 bits per heavy atom. The van der Waals surface area contributed by atoms with E-state index >= 15 is 0 Å². The van der Waals surface area contributed by atoms with Crippen LogP contribution in [0.1, 0.15) is 12.8 Å². The number of hydrogen-bond acceptors (Lipinski definition) is 2. The standard InChI is InChI=1S/C14H15NO2/c16-14(17)11-5-6-13-12-4-2-1-3-10(12)7-8-15(13)9-11/h1-4,7,11H,5-6,8-9H2,(H,16,17). The predicted molar refractivity (Wildman–Crippen MR) is 65.5 cm³/mol. The molecule has 0 aromatic heterocycles. The van der Waals surface area contributed by atoms with Gasteiger partial charge in [-0.05, 0) is 18.1 Å². The molecule has 0 spiro atoms. The Kier molecular flexibility index (Phi) is 2.39. The third-order valence-corrected chi connectivity index (χ3v) is 3.70. The zero-order chi connectivity index (χ0) is 11.8. The maximum Gasteiger partial charge on any atom is 0.308 e. The monoisotopic (exact) mass is 229 g/mol. The van der Waals surface area contributed by atoms with Gasteiger partial charge in [0.2, 0.25) is 0 Å².